The maximum absolute atomic E-state index is 12.9. The van der Waals surface area contributed by atoms with Crippen molar-refractivity contribution >= 4 is 34.2 Å². The highest BCUT2D eigenvalue weighted by molar-refractivity contribution is 6.22. The quantitative estimate of drug-likeness (QED) is 0.246. The van der Waals surface area contributed by atoms with E-state index in [0.29, 0.717) is 75.8 Å². The van der Waals surface area contributed by atoms with Crippen molar-refractivity contribution in [2.75, 3.05) is 54.6 Å². The highest BCUT2D eigenvalue weighted by Crippen LogP contribution is 2.36. The van der Waals surface area contributed by atoms with Crippen LogP contribution >= 0.6 is 0 Å². The molecule has 4 aromatic rings. The third-order valence-electron chi connectivity index (χ3n) is 6.84. The first-order chi connectivity index (χ1) is 19.7. The maximum atomic E-state index is 12.9. The van der Waals surface area contributed by atoms with E-state index in [1.165, 1.54) is 7.11 Å². The maximum Gasteiger partial charge on any atom is 0.337 e. The Hall–Kier alpha value is -4.83. The second-order valence-corrected chi connectivity index (χ2v) is 10.00. The molecule has 0 atom stereocenters. The molecule has 2 heterocycles. The number of hydrogen-bond donors (Lipinski definition) is 2. The summed E-state index contributed by atoms with van der Waals surface area (Å²) in [6.45, 7) is 2.26. The molecule has 41 heavy (non-hydrogen) atoms. The number of carbonyl (C=O) groups is 2. The highest BCUT2D eigenvalue weighted by atomic mass is 16.6. The van der Waals surface area contributed by atoms with E-state index in [-0.39, 0.29) is 11.8 Å². The molecular weight excluding hydrogens is 524 g/mol. The predicted octanol–water partition coefficient (Wildman–Crippen LogP) is 4.23. The van der Waals surface area contributed by atoms with Gasteiger partial charge >= 0.3 is 5.97 Å². The molecular formula is C31H32N4O6. The second-order valence-electron chi connectivity index (χ2n) is 10.00. The highest BCUT2D eigenvalue weighted by Gasteiger charge is 2.22. The van der Waals surface area contributed by atoms with Gasteiger partial charge in [-0.05, 0) is 68.7 Å². The number of benzene rings is 3. The molecule has 10 nitrogen and oxygen atoms in total. The molecule has 1 amide bonds. The van der Waals surface area contributed by atoms with E-state index in [1.54, 1.807) is 54.4 Å². The van der Waals surface area contributed by atoms with Crippen LogP contribution in [0.15, 0.2) is 65.7 Å². The SMILES string of the molecule is COC(=O)c1ccc2c(C(=Nc3ccc(C(=O)N(C)CCN(C)C)cc3)c3ccc4c(c3)OCCO4)c(O)[nH]c2c1. The first kappa shape index (κ1) is 27.7. The zero-order chi connectivity index (χ0) is 29.1. The van der Waals surface area contributed by atoms with Gasteiger partial charge < -0.3 is 34.1 Å². The number of nitrogens with zero attached hydrogens (tertiary/aromatic N) is 3. The fraction of sp³-hybridized carbons (Fsp3) is 0.258. The monoisotopic (exact) mass is 556 g/mol. The van der Waals surface area contributed by atoms with Gasteiger partial charge in [0.25, 0.3) is 5.91 Å². The van der Waals surface area contributed by atoms with Gasteiger partial charge in [0.2, 0.25) is 0 Å². The predicted molar refractivity (Wildman–Crippen MR) is 156 cm³/mol. The van der Waals surface area contributed by atoms with Gasteiger partial charge in [0, 0.05) is 42.2 Å². The number of esters is 1. The van der Waals surface area contributed by atoms with Crippen molar-refractivity contribution in [2.45, 2.75) is 0 Å². The topological polar surface area (TPSA) is 117 Å². The van der Waals surface area contributed by atoms with Crippen molar-refractivity contribution in [3.63, 3.8) is 0 Å². The fourth-order valence-electron chi connectivity index (χ4n) is 4.60. The second kappa shape index (κ2) is 11.7. The number of methoxy groups -OCH3 is 1. The van der Waals surface area contributed by atoms with Crippen LogP contribution in [0.1, 0.15) is 31.8 Å². The molecule has 0 fully saturated rings. The van der Waals surface area contributed by atoms with E-state index in [4.69, 9.17) is 19.2 Å². The van der Waals surface area contributed by atoms with E-state index in [9.17, 15) is 14.7 Å². The zero-order valence-corrected chi connectivity index (χ0v) is 23.4. The summed E-state index contributed by atoms with van der Waals surface area (Å²) in [7, 11) is 7.03. The number of likely N-dealkylation sites (N-methyl/N-ethyl adjacent to an activating group) is 2. The summed E-state index contributed by atoms with van der Waals surface area (Å²) in [5, 5.41) is 11.7. The van der Waals surface area contributed by atoms with Crippen LogP contribution in [-0.4, -0.2) is 92.0 Å². The summed E-state index contributed by atoms with van der Waals surface area (Å²) in [5.41, 5.74) is 3.65. The van der Waals surface area contributed by atoms with Gasteiger partial charge in [0.05, 0.1) is 29.6 Å². The minimum absolute atomic E-state index is 0.0786. The van der Waals surface area contributed by atoms with Crippen LogP contribution in [-0.2, 0) is 4.74 Å². The number of amides is 1. The molecule has 0 saturated carbocycles. The number of hydrogen-bond acceptors (Lipinski definition) is 8. The number of fused-ring (bicyclic) bond motifs is 2. The zero-order valence-electron chi connectivity index (χ0n) is 23.4. The van der Waals surface area contributed by atoms with Gasteiger partial charge in [-0.1, -0.05) is 6.07 Å². The van der Waals surface area contributed by atoms with Gasteiger partial charge in [0.1, 0.15) is 13.2 Å². The Morgan fingerprint density at radius 3 is 2.29 bits per heavy atom. The first-order valence-corrected chi connectivity index (χ1v) is 13.2. The molecule has 0 aliphatic carbocycles. The van der Waals surface area contributed by atoms with E-state index in [2.05, 4.69) is 4.98 Å². The van der Waals surface area contributed by atoms with Crippen molar-refractivity contribution in [1.29, 1.82) is 0 Å². The number of carbonyl (C=O) groups excluding carboxylic acids is 2. The lowest BCUT2D eigenvalue weighted by molar-refractivity contribution is 0.0600. The van der Waals surface area contributed by atoms with E-state index >= 15 is 0 Å². The van der Waals surface area contributed by atoms with Crippen molar-refractivity contribution < 1.29 is 28.9 Å². The number of H-pyrrole nitrogens is 1. The summed E-state index contributed by atoms with van der Waals surface area (Å²) in [5.74, 6) is 0.544. The van der Waals surface area contributed by atoms with Gasteiger partial charge in [-0.25, -0.2) is 9.79 Å². The average Bonchev–Trinajstić information content (AvgIpc) is 3.32. The molecule has 0 bridgehead atoms. The molecule has 2 N–H and O–H groups in total. The van der Waals surface area contributed by atoms with Crippen LogP contribution in [0.4, 0.5) is 5.69 Å². The Morgan fingerprint density at radius 1 is 0.902 bits per heavy atom. The molecule has 0 saturated heterocycles. The smallest absolute Gasteiger partial charge is 0.337 e. The summed E-state index contributed by atoms with van der Waals surface area (Å²) >= 11 is 0. The molecule has 10 heteroatoms. The Balaban J connectivity index is 1.57. The molecule has 212 valence electrons. The number of aromatic nitrogens is 1. The minimum Gasteiger partial charge on any atom is -0.494 e. The molecule has 5 rings (SSSR count). The van der Waals surface area contributed by atoms with Gasteiger partial charge in [-0.15, -0.1) is 0 Å². The Labute approximate surface area is 237 Å². The number of nitrogens with one attached hydrogen (secondary N) is 1. The van der Waals surface area contributed by atoms with E-state index in [1.807, 2.05) is 37.2 Å². The van der Waals surface area contributed by atoms with Crippen LogP contribution in [0.25, 0.3) is 10.9 Å². The molecule has 0 unspecified atom stereocenters. The Kier molecular flexibility index (Phi) is 7.93. The van der Waals surface area contributed by atoms with E-state index in [0.717, 1.165) is 6.54 Å². The average molecular weight is 557 g/mol. The standard InChI is InChI=1S/C31H32N4O6/c1-34(2)13-14-35(3)30(37)19-5-9-22(10-6-19)32-28(20-8-12-25-26(18-20)41-16-15-40-25)27-23-11-7-21(31(38)39-4)17-24(23)33-29(27)36/h5-12,17-18,33,36H,13-16H2,1-4H3. The summed E-state index contributed by atoms with van der Waals surface area (Å²) in [4.78, 5) is 36.6. The first-order valence-electron chi connectivity index (χ1n) is 13.2. The third kappa shape index (κ3) is 5.87. The van der Waals surface area contributed by atoms with Crippen LogP contribution in [0, 0.1) is 0 Å². The lowest BCUT2D eigenvalue weighted by Gasteiger charge is -2.20. The van der Waals surface area contributed by atoms with Gasteiger partial charge in [-0.3, -0.25) is 4.79 Å². The largest absolute Gasteiger partial charge is 0.494 e. The molecule has 1 aliphatic heterocycles. The minimum atomic E-state index is -0.481. The number of ether oxygens (including phenoxy) is 3. The van der Waals surface area contributed by atoms with Crippen LogP contribution in [0.5, 0.6) is 17.4 Å². The third-order valence-corrected chi connectivity index (χ3v) is 6.84. The van der Waals surface area contributed by atoms with E-state index < -0.39 is 5.97 Å². The molecule has 3 aromatic carbocycles. The molecule has 0 spiro atoms. The summed E-state index contributed by atoms with van der Waals surface area (Å²) in [6, 6.07) is 17.5. The van der Waals surface area contributed by atoms with Crippen molar-refractivity contribution in [3.8, 4) is 17.4 Å². The Bertz CT molecular complexity index is 1620. The lowest BCUT2D eigenvalue weighted by atomic mass is 9.99. The molecule has 0 radical (unpaired) electrons. The lowest BCUT2D eigenvalue weighted by Crippen LogP contribution is -2.33. The molecule has 1 aliphatic rings. The van der Waals surface area contributed by atoms with Crippen LogP contribution in [0.3, 0.4) is 0 Å². The van der Waals surface area contributed by atoms with Crippen molar-refractivity contribution in [3.05, 3.63) is 82.9 Å². The van der Waals surface area contributed by atoms with Crippen molar-refractivity contribution in [1.82, 2.24) is 14.8 Å². The van der Waals surface area contributed by atoms with Gasteiger partial charge in [0.15, 0.2) is 17.4 Å². The number of aliphatic imine (C=N–C) groups is 1. The number of rotatable bonds is 8. The normalized spacial score (nSPS) is 13.0. The van der Waals surface area contributed by atoms with Crippen LogP contribution < -0.4 is 9.47 Å². The molecule has 1 aromatic heterocycles. The number of aromatic hydroxyl groups is 1. The summed E-state index contributed by atoms with van der Waals surface area (Å²) < 4.78 is 16.3. The van der Waals surface area contributed by atoms with Gasteiger partial charge in [-0.2, -0.15) is 0 Å². The Morgan fingerprint density at radius 2 is 1.59 bits per heavy atom. The fourth-order valence-corrected chi connectivity index (χ4v) is 4.60. The van der Waals surface area contributed by atoms with Crippen molar-refractivity contribution in [2.24, 2.45) is 4.99 Å². The number of aromatic amines is 1. The summed E-state index contributed by atoms with van der Waals surface area (Å²) in [6.07, 6.45) is 0. The van der Waals surface area contributed by atoms with Crippen LogP contribution in [0.2, 0.25) is 0 Å².